The fraction of sp³-hybridized carbons (Fsp3) is 0.273. The first-order valence-corrected chi connectivity index (χ1v) is 9.59. The van der Waals surface area contributed by atoms with Crippen LogP contribution < -0.4 is 9.67 Å². The second-order valence-corrected chi connectivity index (χ2v) is 7.48. The molecule has 3 aromatic rings. The van der Waals surface area contributed by atoms with E-state index in [0.717, 1.165) is 52.5 Å². The molecule has 2 aromatic carbocycles. The van der Waals surface area contributed by atoms with Crippen LogP contribution >= 0.6 is 24.0 Å². The monoisotopic (exact) mass is 415 g/mol. The van der Waals surface area contributed by atoms with Crippen LogP contribution in [0.3, 0.4) is 0 Å². The molecular weight excluding hydrogens is 393 g/mol. The van der Waals surface area contributed by atoms with Crippen LogP contribution in [0.15, 0.2) is 53.7 Å². The van der Waals surface area contributed by atoms with Crippen LogP contribution in [-0.2, 0) is 19.5 Å². The first-order valence-electron chi connectivity index (χ1n) is 9.21. The van der Waals surface area contributed by atoms with E-state index in [0.29, 0.717) is 0 Å². The predicted molar refractivity (Wildman–Crippen MR) is 114 cm³/mol. The largest absolute Gasteiger partial charge is 0.859 e. The van der Waals surface area contributed by atoms with E-state index in [1.54, 1.807) is 0 Å². The van der Waals surface area contributed by atoms with E-state index in [9.17, 15) is 5.11 Å². The summed E-state index contributed by atoms with van der Waals surface area (Å²) >= 11 is 6.02. The Balaban J connectivity index is 0.00000225. The Labute approximate surface area is 176 Å². The highest BCUT2D eigenvalue weighted by molar-refractivity contribution is 6.30. The number of aliphatic imine (C=N–C) groups is 1. The number of hydrogen-bond donors (Lipinski definition) is 0. The van der Waals surface area contributed by atoms with Crippen molar-refractivity contribution >= 4 is 35.6 Å². The summed E-state index contributed by atoms with van der Waals surface area (Å²) in [7, 11) is 0. The first kappa shape index (κ1) is 20.4. The normalized spacial score (nSPS) is 13.3. The minimum absolute atomic E-state index is 0. The van der Waals surface area contributed by atoms with Crippen molar-refractivity contribution in [2.75, 3.05) is 0 Å². The van der Waals surface area contributed by atoms with Gasteiger partial charge in [0.15, 0.2) is 5.69 Å². The number of hydrogen-bond acceptors (Lipinski definition) is 2. The number of halogens is 2. The van der Waals surface area contributed by atoms with Gasteiger partial charge in [-0.15, -0.1) is 12.4 Å². The van der Waals surface area contributed by atoms with Crippen molar-refractivity contribution in [3.8, 4) is 11.3 Å². The van der Waals surface area contributed by atoms with Crippen LogP contribution in [0, 0.1) is 13.8 Å². The number of fused-ring (bicyclic) bond motifs is 1. The number of aromatic nitrogens is 2. The molecular formula is C22H23Cl2N3O. The molecule has 1 aliphatic rings. The zero-order valence-corrected chi connectivity index (χ0v) is 17.6. The molecule has 6 heteroatoms. The van der Waals surface area contributed by atoms with Gasteiger partial charge in [0.05, 0.1) is 18.7 Å². The molecule has 0 fully saturated rings. The molecule has 28 heavy (non-hydrogen) atoms. The van der Waals surface area contributed by atoms with Gasteiger partial charge in [-0.25, -0.2) is 9.13 Å². The number of imidazole rings is 1. The maximum atomic E-state index is 12.6. The molecule has 0 atom stereocenters. The van der Waals surface area contributed by atoms with Crippen molar-refractivity contribution < 1.29 is 9.67 Å². The Bertz CT molecular complexity index is 1020. The van der Waals surface area contributed by atoms with Crippen molar-refractivity contribution in [1.29, 1.82) is 0 Å². The Hall–Kier alpha value is -2.30. The SMILES string of the molecule is Cc1cccc(N=C([O-])C[n+]2cc(-c3ccc(Cl)cc3)n3c2CCC3)c1C.Cl. The fourth-order valence-corrected chi connectivity index (χ4v) is 3.80. The van der Waals surface area contributed by atoms with E-state index in [4.69, 9.17) is 11.6 Å². The molecule has 4 rings (SSSR count). The second-order valence-electron chi connectivity index (χ2n) is 7.05. The molecule has 0 bridgehead atoms. The third-order valence-corrected chi connectivity index (χ3v) is 5.51. The van der Waals surface area contributed by atoms with Gasteiger partial charge in [0, 0.05) is 16.5 Å². The lowest BCUT2D eigenvalue weighted by molar-refractivity contribution is -0.693. The lowest BCUT2D eigenvalue weighted by atomic mass is 10.1. The van der Waals surface area contributed by atoms with Crippen LogP contribution in [0.4, 0.5) is 5.69 Å². The van der Waals surface area contributed by atoms with Crippen LogP contribution in [0.2, 0.25) is 5.02 Å². The average molecular weight is 416 g/mol. The van der Waals surface area contributed by atoms with Gasteiger partial charge in [0.1, 0.15) is 12.7 Å². The summed E-state index contributed by atoms with van der Waals surface area (Å²) in [5, 5.41) is 13.3. The Kier molecular flexibility index (Phi) is 6.11. The van der Waals surface area contributed by atoms with Gasteiger partial charge >= 0.3 is 0 Å². The smallest absolute Gasteiger partial charge is 0.257 e. The lowest BCUT2D eigenvalue weighted by Gasteiger charge is -2.11. The lowest BCUT2D eigenvalue weighted by Crippen LogP contribution is -2.43. The molecule has 0 amide bonds. The molecule has 1 aromatic heterocycles. The van der Waals surface area contributed by atoms with Gasteiger partial charge in [0.25, 0.3) is 5.82 Å². The average Bonchev–Trinajstić information content (AvgIpc) is 3.24. The van der Waals surface area contributed by atoms with Crippen LogP contribution in [0.25, 0.3) is 11.3 Å². The van der Waals surface area contributed by atoms with Crippen molar-refractivity contribution in [2.24, 2.45) is 4.99 Å². The summed E-state index contributed by atoms with van der Waals surface area (Å²) in [6.07, 6.45) is 4.14. The molecule has 1 aliphatic heterocycles. The molecule has 0 radical (unpaired) electrons. The summed E-state index contributed by atoms with van der Waals surface area (Å²) in [6.45, 7) is 5.27. The van der Waals surface area contributed by atoms with Crippen molar-refractivity contribution in [2.45, 2.75) is 39.8 Å². The Morgan fingerprint density at radius 2 is 1.93 bits per heavy atom. The number of benzene rings is 2. The third kappa shape index (κ3) is 3.94. The van der Waals surface area contributed by atoms with Crippen molar-refractivity contribution in [3.05, 3.63) is 70.6 Å². The first-order chi connectivity index (χ1) is 13.0. The third-order valence-electron chi connectivity index (χ3n) is 5.26. The van der Waals surface area contributed by atoms with Gasteiger partial charge < -0.3 is 5.11 Å². The molecule has 0 aliphatic carbocycles. The van der Waals surface area contributed by atoms with Crippen molar-refractivity contribution in [1.82, 2.24) is 4.57 Å². The minimum atomic E-state index is -0.128. The van der Waals surface area contributed by atoms with E-state index in [-0.39, 0.29) is 24.8 Å². The summed E-state index contributed by atoms with van der Waals surface area (Å²) in [5.74, 6) is 1.06. The summed E-state index contributed by atoms with van der Waals surface area (Å²) in [6, 6.07) is 13.7. The summed E-state index contributed by atoms with van der Waals surface area (Å²) < 4.78 is 4.35. The summed E-state index contributed by atoms with van der Waals surface area (Å²) in [5.41, 5.74) is 5.19. The van der Waals surface area contributed by atoms with Crippen molar-refractivity contribution in [3.63, 3.8) is 0 Å². The van der Waals surface area contributed by atoms with Gasteiger partial charge in [-0.2, -0.15) is 0 Å². The second kappa shape index (κ2) is 8.38. The van der Waals surface area contributed by atoms with E-state index in [1.165, 1.54) is 5.82 Å². The zero-order valence-electron chi connectivity index (χ0n) is 16.0. The maximum Gasteiger partial charge on any atom is 0.257 e. The molecule has 0 spiro atoms. The van der Waals surface area contributed by atoms with Crippen LogP contribution in [0.5, 0.6) is 0 Å². The highest BCUT2D eigenvalue weighted by Gasteiger charge is 2.28. The van der Waals surface area contributed by atoms with E-state index >= 15 is 0 Å². The fourth-order valence-electron chi connectivity index (χ4n) is 3.67. The maximum absolute atomic E-state index is 12.6. The molecule has 146 valence electrons. The van der Waals surface area contributed by atoms with E-state index in [1.807, 2.05) is 60.9 Å². The predicted octanol–water partition coefficient (Wildman–Crippen LogP) is 4.17. The zero-order chi connectivity index (χ0) is 19.0. The number of rotatable bonds is 4. The molecule has 0 unspecified atom stereocenters. The van der Waals surface area contributed by atoms with Gasteiger partial charge in [-0.05, 0) is 61.7 Å². The Morgan fingerprint density at radius 3 is 2.68 bits per heavy atom. The van der Waals surface area contributed by atoms with Crippen LogP contribution in [-0.4, -0.2) is 10.5 Å². The highest BCUT2D eigenvalue weighted by atomic mass is 35.5. The molecule has 0 saturated heterocycles. The standard InChI is InChI=1S/C22H22ClN3O.ClH/c1-15-5-3-6-19(16(15)2)24-21(27)14-25-13-20(26-12-4-7-22(25)26)17-8-10-18(23)11-9-17;/h3,5-6,8-11,13H,4,7,12,14H2,1-2H3;1H. The van der Waals surface area contributed by atoms with Gasteiger partial charge in [-0.1, -0.05) is 23.7 Å². The van der Waals surface area contributed by atoms with E-state index < -0.39 is 0 Å². The van der Waals surface area contributed by atoms with Gasteiger partial charge in [-0.3, -0.25) is 4.99 Å². The van der Waals surface area contributed by atoms with Gasteiger partial charge in [0.2, 0.25) is 0 Å². The minimum Gasteiger partial charge on any atom is -0.859 e. The van der Waals surface area contributed by atoms with Crippen LogP contribution in [0.1, 0.15) is 23.4 Å². The Morgan fingerprint density at radius 1 is 1.18 bits per heavy atom. The highest BCUT2D eigenvalue weighted by Crippen LogP contribution is 2.26. The van der Waals surface area contributed by atoms with E-state index in [2.05, 4.69) is 15.8 Å². The molecule has 4 nitrogen and oxygen atoms in total. The quantitative estimate of drug-likeness (QED) is 0.358. The molecule has 2 heterocycles. The topological polar surface area (TPSA) is 44.2 Å². The molecule has 0 N–H and O–H groups in total. The summed E-state index contributed by atoms with van der Waals surface area (Å²) in [4.78, 5) is 4.35. The molecule has 0 saturated carbocycles. The number of aryl methyl sites for hydroxylation is 1. The number of nitrogens with zero attached hydrogens (tertiary/aromatic N) is 3.